The zero-order valence-corrected chi connectivity index (χ0v) is 16.4. The number of hydrogen-bond acceptors (Lipinski definition) is 5. The van der Waals surface area contributed by atoms with Crippen LogP contribution in [-0.2, 0) is 20.2 Å². The zero-order valence-electron chi connectivity index (χ0n) is 14.0. The van der Waals surface area contributed by atoms with Crippen molar-refractivity contribution in [2.45, 2.75) is 30.4 Å². The third-order valence-corrected chi connectivity index (χ3v) is 6.20. The van der Waals surface area contributed by atoms with E-state index in [4.69, 9.17) is 16.3 Å². The van der Waals surface area contributed by atoms with E-state index in [1.54, 1.807) is 12.1 Å². The molecule has 9 heteroatoms. The fraction of sp³-hybridized carbons (Fsp3) is 0.312. The molecule has 0 spiro atoms. The molecule has 136 valence electrons. The Balaban J connectivity index is 1.85. The first-order valence-electron chi connectivity index (χ1n) is 7.37. The van der Waals surface area contributed by atoms with E-state index in [1.165, 1.54) is 12.1 Å². The highest BCUT2D eigenvalue weighted by Crippen LogP contribution is 2.25. The molecule has 0 unspecified atom stereocenters. The number of carbonyl (C=O) groups is 1. The minimum atomic E-state index is -3.84. The fourth-order valence-corrected chi connectivity index (χ4v) is 4.20. The maximum Gasteiger partial charge on any atom is 0.272 e. The molecule has 1 heterocycles. The van der Waals surface area contributed by atoms with Gasteiger partial charge in [-0.05, 0) is 35.2 Å². The molecule has 2 rings (SSSR count). The van der Waals surface area contributed by atoms with Crippen LogP contribution in [0, 0.1) is 0 Å². The Hall–Kier alpha value is -1.61. The molecule has 0 aliphatic rings. The van der Waals surface area contributed by atoms with Crippen LogP contribution < -0.4 is 15.0 Å². The lowest BCUT2D eigenvalue weighted by Crippen LogP contribution is -2.43. The van der Waals surface area contributed by atoms with Crippen molar-refractivity contribution in [3.05, 3.63) is 46.3 Å². The van der Waals surface area contributed by atoms with E-state index < -0.39 is 15.9 Å². The summed E-state index contributed by atoms with van der Waals surface area (Å²) in [5.41, 5.74) is 3.27. The van der Waals surface area contributed by atoms with E-state index in [2.05, 4.69) is 26.2 Å². The van der Waals surface area contributed by atoms with Crippen LogP contribution in [0.25, 0.3) is 0 Å². The molecule has 6 nitrogen and oxygen atoms in total. The molecule has 0 saturated carbocycles. The summed E-state index contributed by atoms with van der Waals surface area (Å²) in [7, 11) is -3.84. The third kappa shape index (κ3) is 5.71. The highest BCUT2D eigenvalue weighted by molar-refractivity contribution is 7.91. The Bertz CT molecular complexity index is 840. The van der Waals surface area contributed by atoms with Gasteiger partial charge in [0.05, 0.1) is 4.34 Å². The minimum Gasteiger partial charge on any atom is -0.484 e. The average molecular weight is 403 g/mol. The van der Waals surface area contributed by atoms with Crippen LogP contribution >= 0.6 is 22.9 Å². The van der Waals surface area contributed by atoms with Gasteiger partial charge in [-0.3, -0.25) is 10.2 Å². The molecular weight excluding hydrogens is 384 g/mol. The van der Waals surface area contributed by atoms with E-state index >= 15 is 0 Å². The number of halogens is 1. The van der Waals surface area contributed by atoms with E-state index in [-0.39, 0.29) is 16.2 Å². The van der Waals surface area contributed by atoms with Crippen LogP contribution in [0.5, 0.6) is 5.75 Å². The normalized spacial score (nSPS) is 12.0. The summed E-state index contributed by atoms with van der Waals surface area (Å²) in [5, 5.41) is 0. The van der Waals surface area contributed by atoms with E-state index in [0.29, 0.717) is 10.1 Å². The number of rotatable bonds is 6. The van der Waals surface area contributed by atoms with Gasteiger partial charge in [-0.1, -0.05) is 44.5 Å². The van der Waals surface area contributed by atoms with Gasteiger partial charge in [0, 0.05) is 0 Å². The Morgan fingerprint density at radius 1 is 1.16 bits per heavy atom. The number of hydrazine groups is 1. The molecule has 0 bridgehead atoms. The Kier molecular flexibility index (Phi) is 6.10. The molecule has 1 amide bonds. The molecule has 25 heavy (non-hydrogen) atoms. The highest BCUT2D eigenvalue weighted by Gasteiger charge is 2.18. The second kappa shape index (κ2) is 7.74. The van der Waals surface area contributed by atoms with Crippen LogP contribution in [0.3, 0.4) is 0 Å². The quantitative estimate of drug-likeness (QED) is 0.727. The fourth-order valence-electron chi connectivity index (χ4n) is 1.85. The smallest absolute Gasteiger partial charge is 0.272 e. The van der Waals surface area contributed by atoms with Crippen molar-refractivity contribution >= 4 is 38.9 Å². The lowest BCUT2D eigenvalue weighted by atomic mass is 9.87. The van der Waals surface area contributed by atoms with Gasteiger partial charge in [-0.2, -0.15) is 0 Å². The molecular formula is C16H19ClN2O4S2. The average Bonchev–Trinajstić information content (AvgIpc) is 2.98. The van der Waals surface area contributed by atoms with Crippen molar-refractivity contribution in [3.8, 4) is 5.75 Å². The molecule has 1 aromatic heterocycles. The van der Waals surface area contributed by atoms with E-state index in [1.807, 2.05) is 17.0 Å². The number of sulfonamides is 1. The van der Waals surface area contributed by atoms with Gasteiger partial charge in [-0.15, -0.1) is 16.2 Å². The molecule has 2 N–H and O–H groups in total. The van der Waals surface area contributed by atoms with Crippen LogP contribution in [0.4, 0.5) is 0 Å². The molecule has 0 fully saturated rings. The summed E-state index contributed by atoms with van der Waals surface area (Å²) in [6.45, 7) is 5.98. The topological polar surface area (TPSA) is 84.5 Å². The second-order valence-corrected chi connectivity index (χ2v) is 9.90. The maximum absolute atomic E-state index is 11.9. The van der Waals surface area contributed by atoms with Gasteiger partial charge in [0.15, 0.2) is 6.61 Å². The maximum atomic E-state index is 11.9. The Morgan fingerprint density at radius 2 is 1.80 bits per heavy atom. The molecule has 2 aromatic rings. The lowest BCUT2D eigenvalue weighted by molar-refractivity contribution is -0.123. The monoisotopic (exact) mass is 402 g/mol. The number of carbonyl (C=O) groups excluding carboxylic acids is 1. The Labute approximate surface area is 156 Å². The van der Waals surface area contributed by atoms with Gasteiger partial charge >= 0.3 is 0 Å². The molecule has 1 aromatic carbocycles. The molecule has 0 aliphatic heterocycles. The number of thiophene rings is 1. The van der Waals surface area contributed by atoms with Crippen molar-refractivity contribution in [1.82, 2.24) is 10.3 Å². The summed E-state index contributed by atoms with van der Waals surface area (Å²) in [6.07, 6.45) is 0. The summed E-state index contributed by atoms with van der Waals surface area (Å²) >= 11 is 6.60. The van der Waals surface area contributed by atoms with Crippen molar-refractivity contribution in [2.24, 2.45) is 0 Å². The first-order chi connectivity index (χ1) is 11.6. The van der Waals surface area contributed by atoms with Crippen molar-refractivity contribution in [1.29, 1.82) is 0 Å². The van der Waals surface area contributed by atoms with Crippen molar-refractivity contribution < 1.29 is 17.9 Å². The first-order valence-corrected chi connectivity index (χ1v) is 10.0. The van der Waals surface area contributed by atoms with Gasteiger partial charge in [0.2, 0.25) is 0 Å². The minimum absolute atomic E-state index is 0.0106. The number of nitrogens with one attached hydrogen (secondary N) is 2. The number of benzene rings is 1. The van der Waals surface area contributed by atoms with Gasteiger partial charge in [0.25, 0.3) is 15.9 Å². The predicted molar refractivity (Wildman–Crippen MR) is 98.4 cm³/mol. The number of hydrogen-bond donors (Lipinski definition) is 2. The number of ether oxygens (including phenoxy) is 1. The van der Waals surface area contributed by atoms with Crippen LogP contribution in [-0.4, -0.2) is 20.9 Å². The van der Waals surface area contributed by atoms with Gasteiger partial charge < -0.3 is 4.74 Å². The van der Waals surface area contributed by atoms with Crippen molar-refractivity contribution in [3.63, 3.8) is 0 Å². The highest BCUT2D eigenvalue weighted by atomic mass is 35.5. The Morgan fingerprint density at radius 3 is 2.32 bits per heavy atom. The zero-order chi connectivity index (χ0) is 18.7. The molecule has 0 saturated heterocycles. The summed E-state index contributed by atoms with van der Waals surface area (Å²) in [5.74, 6) is -0.0952. The molecule has 0 atom stereocenters. The van der Waals surface area contributed by atoms with Gasteiger partial charge in [0.1, 0.15) is 9.96 Å². The predicted octanol–water partition coefficient (Wildman–Crippen LogP) is 3.09. The standard InChI is InChI=1S/C16H19ClN2O4S2/c1-16(2,3)11-4-6-12(7-5-11)23-10-14(20)18-19-25(21,22)15-9-8-13(17)24-15/h4-9,19H,10H2,1-3H3,(H,18,20). The van der Waals surface area contributed by atoms with Gasteiger partial charge in [-0.25, -0.2) is 8.42 Å². The SMILES string of the molecule is CC(C)(C)c1ccc(OCC(=O)NNS(=O)(=O)c2ccc(Cl)s2)cc1. The largest absolute Gasteiger partial charge is 0.484 e. The summed E-state index contributed by atoms with van der Waals surface area (Å²) in [4.78, 5) is 13.7. The molecule has 0 radical (unpaired) electrons. The van der Waals surface area contributed by atoms with E-state index in [0.717, 1.165) is 16.9 Å². The third-order valence-electron chi connectivity index (χ3n) is 3.23. The second-order valence-electron chi connectivity index (χ2n) is 6.28. The summed E-state index contributed by atoms with van der Waals surface area (Å²) in [6, 6.07) is 10.2. The van der Waals surface area contributed by atoms with Crippen LogP contribution in [0.2, 0.25) is 4.34 Å². The van der Waals surface area contributed by atoms with E-state index in [9.17, 15) is 13.2 Å². The van der Waals surface area contributed by atoms with Crippen molar-refractivity contribution in [2.75, 3.05) is 6.61 Å². The summed E-state index contributed by atoms with van der Waals surface area (Å²) < 4.78 is 29.6. The number of amides is 1. The first kappa shape index (κ1) is 19.7. The van der Waals surface area contributed by atoms with Crippen LogP contribution in [0.1, 0.15) is 26.3 Å². The lowest BCUT2D eigenvalue weighted by Gasteiger charge is -2.19. The van der Waals surface area contributed by atoms with Crippen LogP contribution in [0.15, 0.2) is 40.6 Å². The molecule has 0 aliphatic carbocycles.